The third-order valence-corrected chi connectivity index (χ3v) is 6.69. The fourth-order valence-electron chi connectivity index (χ4n) is 4.89. The molecule has 8 nitrogen and oxygen atoms in total. The van der Waals surface area contributed by atoms with Gasteiger partial charge in [0.15, 0.2) is 0 Å². The molecule has 1 saturated heterocycles. The highest BCUT2D eigenvalue weighted by Crippen LogP contribution is 2.34. The van der Waals surface area contributed by atoms with Crippen LogP contribution in [0, 0.1) is 0 Å². The summed E-state index contributed by atoms with van der Waals surface area (Å²) < 4.78 is 0. The molecule has 0 bridgehead atoms. The fraction of sp³-hybridized carbons (Fsp3) is 0.296. The van der Waals surface area contributed by atoms with E-state index in [0.717, 1.165) is 48.4 Å². The summed E-state index contributed by atoms with van der Waals surface area (Å²) >= 11 is 0. The third kappa shape index (κ3) is 4.51. The van der Waals surface area contributed by atoms with Gasteiger partial charge in [-0.25, -0.2) is 0 Å². The van der Waals surface area contributed by atoms with Crippen molar-refractivity contribution in [3.63, 3.8) is 0 Å². The van der Waals surface area contributed by atoms with Crippen molar-refractivity contribution in [1.29, 1.82) is 0 Å². The van der Waals surface area contributed by atoms with Crippen molar-refractivity contribution in [3.8, 4) is 0 Å². The number of nitrogens with zero attached hydrogens (tertiary/aromatic N) is 1. The summed E-state index contributed by atoms with van der Waals surface area (Å²) in [4.78, 5) is 40.0. The molecule has 35 heavy (non-hydrogen) atoms. The highest BCUT2D eigenvalue weighted by Gasteiger charge is 2.30. The van der Waals surface area contributed by atoms with Crippen LogP contribution in [0.5, 0.6) is 0 Å². The van der Waals surface area contributed by atoms with Gasteiger partial charge in [0.2, 0.25) is 11.8 Å². The summed E-state index contributed by atoms with van der Waals surface area (Å²) in [5.74, 6) is -0.624. The minimum Gasteiger partial charge on any atom is -0.382 e. The van der Waals surface area contributed by atoms with Gasteiger partial charge in [-0.3, -0.25) is 14.4 Å². The first-order valence-electron chi connectivity index (χ1n) is 12.0. The molecule has 0 unspecified atom stereocenters. The zero-order valence-corrected chi connectivity index (χ0v) is 19.7. The maximum Gasteiger partial charge on any atom is 0.255 e. The van der Waals surface area contributed by atoms with E-state index in [1.807, 2.05) is 31.2 Å². The molecule has 2 aliphatic heterocycles. The molecule has 0 saturated carbocycles. The summed E-state index contributed by atoms with van der Waals surface area (Å²) in [5, 5.41) is 12.2. The number of anilines is 3. The predicted molar refractivity (Wildman–Crippen MR) is 137 cm³/mol. The van der Waals surface area contributed by atoms with Gasteiger partial charge in [0.25, 0.3) is 5.91 Å². The number of amides is 3. The van der Waals surface area contributed by atoms with Crippen LogP contribution in [0.15, 0.2) is 54.6 Å². The Labute approximate surface area is 204 Å². The molecule has 2 aromatic carbocycles. The summed E-state index contributed by atoms with van der Waals surface area (Å²) in [6, 6.07) is 11.1. The van der Waals surface area contributed by atoms with Crippen LogP contribution in [-0.2, 0) is 16.0 Å². The van der Waals surface area contributed by atoms with Crippen molar-refractivity contribution in [2.45, 2.75) is 32.2 Å². The first kappa shape index (κ1) is 22.7. The number of hydrogen-bond donors (Lipinski definition) is 4. The largest absolute Gasteiger partial charge is 0.382 e. The van der Waals surface area contributed by atoms with Gasteiger partial charge in [-0.1, -0.05) is 12.6 Å². The van der Waals surface area contributed by atoms with Gasteiger partial charge in [0.05, 0.1) is 17.1 Å². The van der Waals surface area contributed by atoms with Crippen LogP contribution in [0.4, 0.5) is 17.1 Å². The van der Waals surface area contributed by atoms with Crippen molar-refractivity contribution in [3.05, 3.63) is 71.3 Å². The zero-order valence-electron chi connectivity index (χ0n) is 19.7. The Morgan fingerprint density at radius 3 is 2.69 bits per heavy atom. The van der Waals surface area contributed by atoms with E-state index < -0.39 is 0 Å². The van der Waals surface area contributed by atoms with Gasteiger partial charge in [-0.15, -0.1) is 0 Å². The number of carbonyl (C=O) groups is 3. The molecule has 1 aliphatic carbocycles. The average molecular weight is 472 g/mol. The number of benzene rings is 2. The third-order valence-electron chi connectivity index (χ3n) is 6.69. The van der Waals surface area contributed by atoms with Crippen LogP contribution < -0.4 is 26.2 Å². The van der Waals surface area contributed by atoms with Crippen LogP contribution >= 0.6 is 0 Å². The predicted octanol–water partition coefficient (Wildman–Crippen LogP) is 3.04. The van der Waals surface area contributed by atoms with Crippen molar-refractivity contribution in [2.75, 3.05) is 35.2 Å². The van der Waals surface area contributed by atoms with E-state index in [1.54, 1.807) is 12.1 Å². The summed E-state index contributed by atoms with van der Waals surface area (Å²) in [6.07, 6.45) is 4.00. The van der Waals surface area contributed by atoms with E-state index in [0.29, 0.717) is 35.5 Å². The maximum atomic E-state index is 13.1. The molecule has 8 heteroatoms. The first-order chi connectivity index (χ1) is 16.9. The Kier molecular flexibility index (Phi) is 6.03. The van der Waals surface area contributed by atoms with Gasteiger partial charge in [-0.05, 0) is 61.7 Å². The van der Waals surface area contributed by atoms with Gasteiger partial charge in [0, 0.05) is 54.5 Å². The number of carbonyl (C=O) groups excluding carboxylic acids is 3. The molecule has 1 fully saturated rings. The smallest absolute Gasteiger partial charge is 0.255 e. The molecule has 5 rings (SSSR count). The molecule has 0 aromatic heterocycles. The Hall–Kier alpha value is -4.07. The molecule has 3 amide bonds. The van der Waals surface area contributed by atoms with Crippen molar-refractivity contribution in [2.24, 2.45) is 0 Å². The van der Waals surface area contributed by atoms with Gasteiger partial charge < -0.3 is 26.2 Å². The Bertz CT molecular complexity index is 1260. The minimum atomic E-state index is -0.300. The van der Waals surface area contributed by atoms with Crippen molar-refractivity contribution >= 4 is 40.5 Å². The lowest BCUT2D eigenvalue weighted by molar-refractivity contribution is -0.118. The van der Waals surface area contributed by atoms with Crippen molar-refractivity contribution in [1.82, 2.24) is 10.6 Å². The Morgan fingerprint density at radius 2 is 1.91 bits per heavy atom. The Balaban J connectivity index is 1.39. The maximum absolute atomic E-state index is 13.1. The van der Waals surface area contributed by atoms with Gasteiger partial charge in [0.1, 0.15) is 0 Å². The standard InChI is InChI=1S/C27H29N5O3/c1-3-24(33)31-22-14-19(8-9-23(22)32-10-4-5-11-32)30-26(34)18-7-6-17-12-21-25(20(17)13-18)28-15-16(2)29-27(21)35/h3,6-9,13-14,16,28H,1,4-5,10-12,15H2,2H3,(H,29,35)(H,30,34)(H,31,33)/t16-/m1/s1. The molecule has 2 heterocycles. The number of nitrogens with one attached hydrogen (secondary N) is 4. The van der Waals surface area contributed by atoms with Gasteiger partial charge in [-0.2, -0.15) is 0 Å². The molecule has 180 valence electrons. The van der Waals surface area contributed by atoms with E-state index in [4.69, 9.17) is 0 Å². The molecule has 1 atom stereocenters. The summed E-state index contributed by atoms with van der Waals surface area (Å²) in [5.41, 5.74) is 6.08. The van der Waals surface area contributed by atoms with E-state index >= 15 is 0 Å². The van der Waals surface area contributed by atoms with E-state index in [1.165, 1.54) is 6.08 Å². The van der Waals surface area contributed by atoms with Crippen LogP contribution in [0.1, 0.15) is 41.3 Å². The molecule has 2 aromatic rings. The number of rotatable bonds is 5. The summed E-state index contributed by atoms with van der Waals surface area (Å²) in [6.45, 7) is 7.98. The SMILES string of the molecule is C=CC(=O)Nc1cc(NC(=O)c2ccc3c(c2)C2=C(C3)C(=O)N[C@H](C)CN2)ccc1N1CCCC1. The van der Waals surface area contributed by atoms with E-state index in [2.05, 4.69) is 32.7 Å². The lowest BCUT2D eigenvalue weighted by Gasteiger charge is -2.22. The number of fused-ring (bicyclic) bond motifs is 2. The lowest BCUT2D eigenvalue weighted by atomic mass is 10.0. The molecule has 3 aliphatic rings. The van der Waals surface area contributed by atoms with Crippen LogP contribution in [0.3, 0.4) is 0 Å². The summed E-state index contributed by atoms with van der Waals surface area (Å²) in [7, 11) is 0. The average Bonchev–Trinajstić information content (AvgIpc) is 3.47. The monoisotopic (exact) mass is 471 g/mol. The van der Waals surface area contributed by atoms with Crippen LogP contribution in [0.2, 0.25) is 0 Å². The topological polar surface area (TPSA) is 103 Å². The highest BCUT2D eigenvalue weighted by molar-refractivity contribution is 6.08. The zero-order chi connectivity index (χ0) is 24.5. The van der Waals surface area contributed by atoms with E-state index in [-0.39, 0.29) is 23.8 Å². The number of hydrogen-bond acceptors (Lipinski definition) is 5. The quantitative estimate of drug-likeness (QED) is 0.502. The normalized spacial score (nSPS) is 18.7. The second-order valence-corrected chi connectivity index (χ2v) is 9.23. The molecule has 0 radical (unpaired) electrons. The first-order valence-corrected chi connectivity index (χ1v) is 12.0. The van der Waals surface area contributed by atoms with E-state index in [9.17, 15) is 14.4 Å². The van der Waals surface area contributed by atoms with Gasteiger partial charge >= 0.3 is 0 Å². The fourth-order valence-corrected chi connectivity index (χ4v) is 4.89. The van der Waals surface area contributed by atoms with Crippen LogP contribution in [0.25, 0.3) is 5.70 Å². The molecule has 0 spiro atoms. The van der Waals surface area contributed by atoms with Crippen LogP contribution in [-0.4, -0.2) is 43.4 Å². The molecule has 4 N–H and O–H groups in total. The lowest BCUT2D eigenvalue weighted by Crippen LogP contribution is -2.36. The Morgan fingerprint density at radius 1 is 1.11 bits per heavy atom. The van der Waals surface area contributed by atoms with Crippen molar-refractivity contribution < 1.29 is 14.4 Å². The minimum absolute atomic E-state index is 0.0299. The second-order valence-electron chi connectivity index (χ2n) is 9.23. The highest BCUT2D eigenvalue weighted by atomic mass is 16.2. The molecular formula is C27H29N5O3. The second kappa shape index (κ2) is 9.29. The molecular weight excluding hydrogens is 442 g/mol.